The topological polar surface area (TPSA) is 105 Å². The molecule has 3 N–H and O–H groups in total. The summed E-state index contributed by atoms with van der Waals surface area (Å²) in [4.78, 5) is 42.0. The van der Waals surface area contributed by atoms with Crippen LogP contribution < -0.4 is 11.1 Å². The first-order chi connectivity index (χ1) is 13.9. The zero-order valence-electron chi connectivity index (χ0n) is 16.2. The molecule has 0 saturated carbocycles. The van der Waals surface area contributed by atoms with Crippen LogP contribution in [0.5, 0.6) is 0 Å². The quantitative estimate of drug-likeness (QED) is 0.654. The van der Waals surface area contributed by atoms with E-state index in [0.29, 0.717) is 31.6 Å². The fourth-order valence-corrected chi connectivity index (χ4v) is 4.72. The highest BCUT2D eigenvalue weighted by Gasteiger charge is 2.26. The van der Waals surface area contributed by atoms with Crippen molar-refractivity contribution >= 4 is 46.5 Å². The first-order valence-corrected chi connectivity index (χ1v) is 11.3. The highest BCUT2D eigenvalue weighted by Crippen LogP contribution is 2.24. The molecule has 2 aromatic rings. The normalized spacial score (nSPS) is 14.6. The van der Waals surface area contributed by atoms with Crippen LogP contribution in [0.3, 0.4) is 0 Å². The van der Waals surface area contributed by atoms with E-state index in [1.165, 1.54) is 23.1 Å². The number of likely N-dealkylation sites (tertiary alicyclic amines) is 1. The van der Waals surface area contributed by atoms with Gasteiger partial charge in [-0.2, -0.15) is 0 Å². The Hall–Kier alpha value is -2.39. The highest BCUT2D eigenvalue weighted by atomic mass is 32.2. The van der Waals surface area contributed by atoms with Gasteiger partial charge in [0.05, 0.1) is 17.9 Å². The minimum Gasteiger partial charge on any atom is -0.369 e. The van der Waals surface area contributed by atoms with Gasteiger partial charge >= 0.3 is 0 Å². The summed E-state index contributed by atoms with van der Waals surface area (Å²) < 4.78 is 0.763. The van der Waals surface area contributed by atoms with E-state index >= 15 is 0 Å². The predicted octanol–water partition coefficient (Wildman–Crippen LogP) is 2.45. The number of hydrogen-bond donors (Lipinski definition) is 2. The Bertz CT molecular complexity index is 874. The van der Waals surface area contributed by atoms with Crippen molar-refractivity contribution in [2.24, 2.45) is 11.7 Å². The lowest BCUT2D eigenvalue weighted by atomic mass is 9.96. The molecule has 1 aliphatic heterocycles. The average molecular weight is 433 g/mol. The maximum absolute atomic E-state index is 12.4. The maximum atomic E-state index is 12.4. The summed E-state index contributed by atoms with van der Waals surface area (Å²) in [5, 5.41) is 4.71. The van der Waals surface area contributed by atoms with E-state index in [9.17, 15) is 14.4 Å². The highest BCUT2D eigenvalue weighted by molar-refractivity contribution is 8.01. The molecule has 0 aliphatic carbocycles. The number of carbonyl (C=O) groups excluding carboxylic acids is 3. The molecule has 3 rings (SSSR count). The van der Waals surface area contributed by atoms with Gasteiger partial charge in [0.15, 0.2) is 4.34 Å². The number of aromatic nitrogens is 1. The second kappa shape index (κ2) is 9.89. The number of amides is 3. The minimum absolute atomic E-state index is 0.00637. The number of rotatable bonds is 7. The number of nitrogens with one attached hydrogen (secondary N) is 1. The van der Waals surface area contributed by atoms with Crippen molar-refractivity contribution in [1.82, 2.24) is 9.88 Å². The molecule has 1 aromatic carbocycles. The van der Waals surface area contributed by atoms with Crippen molar-refractivity contribution in [1.29, 1.82) is 0 Å². The zero-order valence-corrected chi connectivity index (χ0v) is 17.9. The van der Waals surface area contributed by atoms with Crippen molar-refractivity contribution in [2.45, 2.75) is 30.5 Å². The number of carbonyl (C=O) groups is 3. The van der Waals surface area contributed by atoms with Crippen LogP contribution >= 0.6 is 23.1 Å². The summed E-state index contributed by atoms with van der Waals surface area (Å²) in [6.07, 6.45) is 1.47. The molecule has 154 valence electrons. The molecule has 1 aliphatic rings. The molecular formula is C20H24N4O3S2. The van der Waals surface area contributed by atoms with Gasteiger partial charge in [0, 0.05) is 30.1 Å². The lowest BCUT2D eigenvalue weighted by Gasteiger charge is -2.30. The van der Waals surface area contributed by atoms with Gasteiger partial charge in [-0.1, -0.05) is 29.5 Å². The van der Waals surface area contributed by atoms with Crippen LogP contribution in [0.15, 0.2) is 34.0 Å². The van der Waals surface area contributed by atoms with Crippen molar-refractivity contribution in [3.63, 3.8) is 0 Å². The molecule has 3 amide bonds. The largest absolute Gasteiger partial charge is 0.369 e. The number of anilines is 1. The number of nitrogens with two attached hydrogens (primary N) is 1. The summed E-state index contributed by atoms with van der Waals surface area (Å²) in [6, 6.07) is 7.64. The Morgan fingerprint density at radius 3 is 2.59 bits per heavy atom. The molecule has 1 saturated heterocycles. The van der Waals surface area contributed by atoms with Crippen molar-refractivity contribution in [2.75, 3.05) is 24.2 Å². The van der Waals surface area contributed by atoms with Crippen LogP contribution in [0.25, 0.3) is 0 Å². The summed E-state index contributed by atoms with van der Waals surface area (Å²) in [6.45, 7) is 3.10. The van der Waals surface area contributed by atoms with Crippen molar-refractivity contribution < 1.29 is 14.4 Å². The monoisotopic (exact) mass is 432 g/mol. The number of hydrogen-bond acceptors (Lipinski definition) is 6. The third-order valence-corrected chi connectivity index (χ3v) is 6.84. The maximum Gasteiger partial charge on any atom is 0.234 e. The van der Waals surface area contributed by atoms with Gasteiger partial charge in [0.2, 0.25) is 17.7 Å². The van der Waals surface area contributed by atoms with Crippen LogP contribution in [-0.2, 0) is 20.8 Å². The summed E-state index contributed by atoms with van der Waals surface area (Å²) in [5.74, 6) is -0.247. The molecule has 9 heteroatoms. The molecule has 7 nitrogen and oxygen atoms in total. The first kappa shape index (κ1) is 21.3. The van der Waals surface area contributed by atoms with Gasteiger partial charge in [0.1, 0.15) is 0 Å². The number of benzene rings is 1. The average Bonchev–Trinajstić information content (AvgIpc) is 3.15. The predicted molar refractivity (Wildman–Crippen MR) is 115 cm³/mol. The van der Waals surface area contributed by atoms with E-state index in [1.807, 2.05) is 36.6 Å². The molecular weight excluding hydrogens is 408 g/mol. The van der Waals surface area contributed by atoms with Gasteiger partial charge in [0.25, 0.3) is 0 Å². The zero-order chi connectivity index (χ0) is 20.8. The van der Waals surface area contributed by atoms with Crippen LogP contribution in [0.1, 0.15) is 24.1 Å². The van der Waals surface area contributed by atoms with Crippen LogP contribution in [0.2, 0.25) is 0 Å². The SMILES string of the molecule is Cc1ccc(NC(=O)CSc2nc(CC(=O)N3CCC(C(N)=O)CC3)cs2)cc1. The van der Waals surface area contributed by atoms with E-state index in [-0.39, 0.29) is 35.8 Å². The Morgan fingerprint density at radius 1 is 1.24 bits per heavy atom. The lowest BCUT2D eigenvalue weighted by molar-refractivity contribution is -0.134. The van der Waals surface area contributed by atoms with E-state index in [2.05, 4.69) is 10.3 Å². The van der Waals surface area contributed by atoms with E-state index in [1.54, 1.807) is 4.90 Å². The van der Waals surface area contributed by atoms with E-state index in [4.69, 9.17) is 5.73 Å². The standard InChI is InChI=1S/C20H24N4O3S2/c1-13-2-4-15(5-3-13)22-17(25)12-29-20-23-16(11-28-20)10-18(26)24-8-6-14(7-9-24)19(21)27/h2-5,11,14H,6-10,12H2,1H3,(H2,21,27)(H,22,25). The van der Waals surface area contributed by atoms with Gasteiger partial charge in [-0.3, -0.25) is 14.4 Å². The number of primary amides is 1. The van der Waals surface area contributed by atoms with Crippen LogP contribution in [-0.4, -0.2) is 46.4 Å². The molecule has 0 unspecified atom stereocenters. The Kier molecular flexibility index (Phi) is 7.27. The third kappa shape index (κ3) is 6.30. The van der Waals surface area contributed by atoms with Crippen molar-refractivity contribution in [3.05, 3.63) is 40.9 Å². The summed E-state index contributed by atoms with van der Waals surface area (Å²) in [7, 11) is 0. The third-order valence-electron chi connectivity index (χ3n) is 4.78. The lowest BCUT2D eigenvalue weighted by Crippen LogP contribution is -2.42. The minimum atomic E-state index is -0.287. The fraction of sp³-hybridized carbons (Fsp3) is 0.400. The van der Waals surface area contributed by atoms with Crippen LogP contribution in [0.4, 0.5) is 5.69 Å². The van der Waals surface area contributed by atoms with Crippen LogP contribution in [0, 0.1) is 12.8 Å². The first-order valence-electron chi connectivity index (χ1n) is 9.41. The van der Waals surface area contributed by atoms with E-state index < -0.39 is 0 Å². The van der Waals surface area contributed by atoms with Gasteiger partial charge in [-0.05, 0) is 31.9 Å². The van der Waals surface area contributed by atoms with Gasteiger partial charge < -0.3 is 16.0 Å². The molecule has 0 radical (unpaired) electrons. The fourth-order valence-electron chi connectivity index (χ4n) is 3.08. The number of thioether (sulfide) groups is 1. The molecule has 29 heavy (non-hydrogen) atoms. The van der Waals surface area contributed by atoms with Gasteiger partial charge in [-0.25, -0.2) is 4.98 Å². The molecule has 0 spiro atoms. The smallest absolute Gasteiger partial charge is 0.234 e. The van der Waals surface area contributed by atoms with E-state index in [0.717, 1.165) is 15.6 Å². The second-order valence-corrected chi connectivity index (χ2v) is 9.12. The summed E-state index contributed by atoms with van der Waals surface area (Å²) >= 11 is 2.79. The molecule has 1 aromatic heterocycles. The Balaban J connectivity index is 1.43. The number of piperidine rings is 1. The number of aryl methyl sites for hydroxylation is 1. The number of thiazole rings is 1. The number of nitrogens with zero attached hydrogens (tertiary/aromatic N) is 2. The second-order valence-electron chi connectivity index (χ2n) is 7.04. The Labute approximate surface area is 178 Å². The molecule has 2 heterocycles. The molecule has 0 atom stereocenters. The molecule has 1 fully saturated rings. The molecule has 0 bridgehead atoms. The van der Waals surface area contributed by atoms with Crippen molar-refractivity contribution in [3.8, 4) is 0 Å². The van der Waals surface area contributed by atoms with Gasteiger partial charge in [-0.15, -0.1) is 11.3 Å². The Morgan fingerprint density at radius 2 is 1.93 bits per heavy atom. The summed E-state index contributed by atoms with van der Waals surface area (Å²) in [5.41, 5.74) is 7.95.